The summed E-state index contributed by atoms with van der Waals surface area (Å²) < 4.78 is 77.8. The minimum atomic E-state index is -4.48. The maximum Gasteiger partial charge on any atom is 0.422 e. The van der Waals surface area contributed by atoms with Gasteiger partial charge in [-0.3, -0.25) is 4.79 Å². The summed E-state index contributed by atoms with van der Waals surface area (Å²) in [5.41, 5.74) is 0.474. The number of halogens is 6. The normalized spacial score (nSPS) is 20.7. The molecule has 0 aromatic carbocycles. The van der Waals surface area contributed by atoms with E-state index in [1.807, 2.05) is 0 Å². The molecule has 0 spiro atoms. The van der Waals surface area contributed by atoms with Crippen molar-refractivity contribution in [2.75, 3.05) is 6.61 Å². The van der Waals surface area contributed by atoms with Crippen LogP contribution in [0.3, 0.4) is 0 Å². The van der Waals surface area contributed by atoms with Gasteiger partial charge in [0.05, 0.1) is 5.92 Å². The zero-order valence-electron chi connectivity index (χ0n) is 13.0. The van der Waals surface area contributed by atoms with Gasteiger partial charge in [0, 0.05) is 25.2 Å². The molecule has 4 nitrogen and oxygen atoms in total. The third kappa shape index (κ3) is 6.43. The first-order valence-electron chi connectivity index (χ1n) is 7.51. The van der Waals surface area contributed by atoms with Gasteiger partial charge in [-0.25, -0.2) is 4.98 Å². The van der Waals surface area contributed by atoms with E-state index in [-0.39, 0.29) is 37.6 Å². The van der Waals surface area contributed by atoms with E-state index in [0.29, 0.717) is 5.56 Å². The van der Waals surface area contributed by atoms with E-state index in [1.165, 1.54) is 18.3 Å². The Morgan fingerprint density at radius 3 is 2.52 bits per heavy atom. The maximum atomic E-state index is 12.4. The molecule has 0 saturated heterocycles. The molecule has 1 aromatic heterocycles. The second-order valence-corrected chi connectivity index (χ2v) is 5.96. The summed E-state index contributed by atoms with van der Waals surface area (Å²) >= 11 is 0. The van der Waals surface area contributed by atoms with Crippen LogP contribution in [0, 0.1) is 11.8 Å². The standard InChI is InChI=1S/C15H16F6N2O2/c16-14(17,18)8-25-13-6-9(1-2-22-13)7-23-12(24)5-10-3-11(4-10)15(19,20)21/h1-2,6,10-11H,3-5,7-8H2,(H,23,24). The first-order valence-corrected chi connectivity index (χ1v) is 7.51. The van der Waals surface area contributed by atoms with E-state index >= 15 is 0 Å². The predicted octanol–water partition coefficient (Wildman–Crippen LogP) is 3.62. The van der Waals surface area contributed by atoms with Crippen LogP contribution in [0.15, 0.2) is 18.3 Å². The second-order valence-electron chi connectivity index (χ2n) is 5.96. The highest BCUT2D eigenvalue weighted by atomic mass is 19.4. The SMILES string of the molecule is O=C(CC1CC(C(F)(F)F)C1)NCc1ccnc(OCC(F)(F)F)c1. The molecular weight excluding hydrogens is 354 g/mol. The number of carbonyl (C=O) groups is 1. The molecule has 0 radical (unpaired) electrons. The fraction of sp³-hybridized carbons (Fsp3) is 0.600. The van der Waals surface area contributed by atoms with Gasteiger partial charge in [0.2, 0.25) is 11.8 Å². The molecule has 10 heteroatoms. The maximum absolute atomic E-state index is 12.4. The quantitative estimate of drug-likeness (QED) is 0.779. The molecule has 0 aliphatic heterocycles. The number of hydrogen-bond acceptors (Lipinski definition) is 3. The van der Waals surface area contributed by atoms with Gasteiger partial charge in [-0.2, -0.15) is 26.3 Å². The van der Waals surface area contributed by atoms with Crippen LogP contribution in [0.4, 0.5) is 26.3 Å². The number of amides is 1. The van der Waals surface area contributed by atoms with Crippen LogP contribution >= 0.6 is 0 Å². The van der Waals surface area contributed by atoms with Crippen molar-refractivity contribution < 1.29 is 35.9 Å². The molecule has 140 valence electrons. The molecule has 2 rings (SSSR count). The minimum absolute atomic E-state index is 0.00487. The molecule has 1 fully saturated rings. The van der Waals surface area contributed by atoms with Crippen molar-refractivity contribution in [1.82, 2.24) is 10.3 Å². The van der Waals surface area contributed by atoms with Crippen molar-refractivity contribution in [1.29, 1.82) is 0 Å². The summed E-state index contributed by atoms with van der Waals surface area (Å²) in [5.74, 6) is -2.26. The molecule has 1 aliphatic rings. The Morgan fingerprint density at radius 1 is 1.24 bits per heavy atom. The third-order valence-corrected chi connectivity index (χ3v) is 3.85. The monoisotopic (exact) mass is 370 g/mol. The predicted molar refractivity (Wildman–Crippen MR) is 74.5 cm³/mol. The van der Waals surface area contributed by atoms with Crippen molar-refractivity contribution in [2.24, 2.45) is 11.8 Å². The smallest absolute Gasteiger partial charge is 0.422 e. The average Bonchev–Trinajstić information content (AvgIpc) is 2.45. The molecule has 1 aliphatic carbocycles. The van der Waals surface area contributed by atoms with Crippen LogP contribution in [0.25, 0.3) is 0 Å². The number of hydrogen-bond donors (Lipinski definition) is 1. The van der Waals surface area contributed by atoms with Gasteiger partial charge in [-0.1, -0.05) is 0 Å². The molecule has 1 amide bonds. The van der Waals surface area contributed by atoms with Crippen LogP contribution in [0.1, 0.15) is 24.8 Å². The molecule has 25 heavy (non-hydrogen) atoms. The van der Waals surface area contributed by atoms with E-state index in [0.717, 1.165) is 0 Å². The van der Waals surface area contributed by atoms with Gasteiger partial charge in [0.1, 0.15) is 0 Å². The Labute approximate surface area is 139 Å². The van der Waals surface area contributed by atoms with Gasteiger partial charge in [-0.05, 0) is 30.4 Å². The highest BCUT2D eigenvalue weighted by Crippen LogP contribution is 2.45. The van der Waals surface area contributed by atoms with Crippen LogP contribution in [-0.4, -0.2) is 29.9 Å². The summed E-state index contributed by atoms with van der Waals surface area (Å²) in [4.78, 5) is 15.4. The van der Waals surface area contributed by atoms with E-state index in [2.05, 4.69) is 15.0 Å². The lowest BCUT2D eigenvalue weighted by Crippen LogP contribution is -2.38. The molecule has 1 N–H and O–H groups in total. The Hall–Kier alpha value is -2.00. The van der Waals surface area contributed by atoms with Crippen molar-refractivity contribution in [2.45, 2.75) is 38.2 Å². The van der Waals surface area contributed by atoms with E-state index in [9.17, 15) is 31.1 Å². The zero-order valence-corrected chi connectivity index (χ0v) is 13.0. The highest BCUT2D eigenvalue weighted by molar-refractivity contribution is 5.76. The summed E-state index contributed by atoms with van der Waals surface area (Å²) in [6.45, 7) is -1.45. The molecule has 0 atom stereocenters. The number of rotatable bonds is 6. The largest absolute Gasteiger partial charge is 0.468 e. The first-order chi connectivity index (χ1) is 11.5. The molecule has 1 saturated carbocycles. The Morgan fingerprint density at radius 2 is 1.92 bits per heavy atom. The molecule has 0 unspecified atom stereocenters. The number of nitrogens with one attached hydrogen (secondary N) is 1. The fourth-order valence-corrected chi connectivity index (χ4v) is 2.50. The number of pyridine rings is 1. The number of carbonyl (C=O) groups excluding carboxylic acids is 1. The van der Waals surface area contributed by atoms with Gasteiger partial charge in [0.25, 0.3) is 0 Å². The van der Waals surface area contributed by atoms with Gasteiger partial charge >= 0.3 is 12.4 Å². The van der Waals surface area contributed by atoms with Crippen molar-refractivity contribution in [3.05, 3.63) is 23.9 Å². The van der Waals surface area contributed by atoms with E-state index in [4.69, 9.17) is 0 Å². The lowest BCUT2D eigenvalue weighted by Gasteiger charge is -2.36. The first kappa shape index (κ1) is 19.3. The van der Waals surface area contributed by atoms with Gasteiger partial charge < -0.3 is 10.1 Å². The van der Waals surface area contributed by atoms with Gasteiger partial charge in [0.15, 0.2) is 6.61 Å². The molecule has 1 heterocycles. The number of alkyl halides is 6. The number of nitrogens with zero attached hydrogens (tertiary/aromatic N) is 1. The average molecular weight is 370 g/mol. The Balaban J connectivity index is 1.73. The zero-order chi connectivity index (χ0) is 18.7. The molecular formula is C15H16F6N2O2. The van der Waals surface area contributed by atoms with Crippen molar-refractivity contribution in [3.63, 3.8) is 0 Å². The van der Waals surface area contributed by atoms with Crippen LogP contribution < -0.4 is 10.1 Å². The molecule has 0 bridgehead atoms. The van der Waals surface area contributed by atoms with Crippen molar-refractivity contribution in [3.8, 4) is 5.88 Å². The van der Waals surface area contributed by atoms with Crippen LogP contribution in [0.5, 0.6) is 5.88 Å². The highest BCUT2D eigenvalue weighted by Gasteiger charge is 2.47. The molecule has 1 aromatic rings. The minimum Gasteiger partial charge on any atom is -0.468 e. The van der Waals surface area contributed by atoms with E-state index in [1.54, 1.807) is 0 Å². The lowest BCUT2D eigenvalue weighted by molar-refractivity contribution is -0.205. The summed E-state index contributed by atoms with van der Waals surface area (Å²) in [6.07, 6.45) is -7.56. The Kier molecular flexibility index (Phi) is 5.79. The third-order valence-electron chi connectivity index (χ3n) is 3.85. The van der Waals surface area contributed by atoms with Crippen LogP contribution in [-0.2, 0) is 11.3 Å². The topological polar surface area (TPSA) is 51.2 Å². The summed E-state index contributed by atoms with van der Waals surface area (Å²) in [7, 11) is 0. The second kappa shape index (κ2) is 7.49. The number of aromatic nitrogens is 1. The lowest BCUT2D eigenvalue weighted by atomic mass is 9.73. The Bertz CT molecular complexity index is 596. The van der Waals surface area contributed by atoms with Crippen molar-refractivity contribution >= 4 is 5.91 Å². The fourth-order valence-electron chi connectivity index (χ4n) is 2.50. The summed E-state index contributed by atoms with van der Waals surface area (Å²) in [5, 5.41) is 2.53. The van der Waals surface area contributed by atoms with E-state index < -0.39 is 30.8 Å². The van der Waals surface area contributed by atoms with Gasteiger partial charge in [-0.15, -0.1) is 0 Å². The van der Waals surface area contributed by atoms with Crippen LogP contribution in [0.2, 0.25) is 0 Å². The number of ether oxygens (including phenoxy) is 1. The summed E-state index contributed by atoms with van der Waals surface area (Å²) in [6, 6.07) is 2.75.